The van der Waals surface area contributed by atoms with Crippen molar-refractivity contribution >= 4 is 29.1 Å². The minimum atomic E-state index is -0.216. The molecule has 1 aliphatic heterocycles. The first-order valence-corrected chi connectivity index (χ1v) is 7.82. The average molecular weight is 332 g/mol. The first-order valence-electron chi connectivity index (χ1n) is 7.06. The summed E-state index contributed by atoms with van der Waals surface area (Å²) in [7, 11) is 0. The van der Waals surface area contributed by atoms with Gasteiger partial charge in [0.2, 0.25) is 0 Å². The molecule has 0 aliphatic carbocycles. The summed E-state index contributed by atoms with van der Waals surface area (Å²) in [5.74, 6) is 0.302. The highest BCUT2D eigenvalue weighted by atomic mass is 35.5. The lowest BCUT2D eigenvalue weighted by Crippen LogP contribution is -2.25. The Kier molecular flexibility index (Phi) is 6.77. The van der Waals surface area contributed by atoms with Crippen LogP contribution in [0.4, 0.5) is 0 Å². The smallest absolute Gasteiger partial charge is 0.252 e. The molecule has 0 spiro atoms. The fourth-order valence-corrected chi connectivity index (χ4v) is 2.50. The zero-order valence-electron chi connectivity index (χ0n) is 11.7. The minimum absolute atomic E-state index is 0.216. The van der Waals surface area contributed by atoms with Crippen molar-refractivity contribution in [3.63, 3.8) is 0 Å². The van der Waals surface area contributed by atoms with Gasteiger partial charge in [-0.05, 0) is 25.0 Å². The molecule has 1 aromatic rings. The zero-order valence-corrected chi connectivity index (χ0v) is 13.3. The van der Waals surface area contributed by atoms with E-state index in [2.05, 4.69) is 5.32 Å². The van der Waals surface area contributed by atoms with E-state index in [1.165, 1.54) is 0 Å². The van der Waals surface area contributed by atoms with Crippen molar-refractivity contribution in [1.82, 2.24) is 5.32 Å². The summed E-state index contributed by atoms with van der Waals surface area (Å²) >= 11 is 11.9. The number of hydrogen-bond donors (Lipinski definition) is 1. The Morgan fingerprint density at radius 2 is 2.29 bits per heavy atom. The average Bonchev–Trinajstić information content (AvgIpc) is 2.98. The summed E-state index contributed by atoms with van der Waals surface area (Å²) in [5, 5.41) is 3.48. The molecular weight excluding hydrogens is 313 g/mol. The summed E-state index contributed by atoms with van der Waals surface area (Å²) in [4.78, 5) is 11.9. The van der Waals surface area contributed by atoms with Gasteiger partial charge in [0.05, 0.1) is 28.8 Å². The van der Waals surface area contributed by atoms with Crippen LogP contribution < -0.4 is 5.32 Å². The topological polar surface area (TPSA) is 47.6 Å². The molecule has 0 aromatic heterocycles. The van der Waals surface area contributed by atoms with E-state index in [1.807, 2.05) is 0 Å². The van der Waals surface area contributed by atoms with Gasteiger partial charge in [-0.1, -0.05) is 29.3 Å². The first kappa shape index (κ1) is 16.6. The van der Waals surface area contributed by atoms with Gasteiger partial charge in [0, 0.05) is 25.7 Å². The van der Waals surface area contributed by atoms with E-state index in [0.717, 1.165) is 32.7 Å². The minimum Gasteiger partial charge on any atom is -0.381 e. The second kappa shape index (κ2) is 8.59. The molecule has 1 saturated heterocycles. The Morgan fingerprint density at radius 1 is 1.43 bits per heavy atom. The molecule has 0 radical (unpaired) electrons. The van der Waals surface area contributed by atoms with Crippen LogP contribution in [0.5, 0.6) is 0 Å². The number of carbonyl (C=O) groups excluding carboxylic acids is 1. The van der Waals surface area contributed by atoms with Crippen LogP contribution in [0.25, 0.3) is 0 Å². The van der Waals surface area contributed by atoms with Gasteiger partial charge in [0.1, 0.15) is 0 Å². The molecule has 4 nitrogen and oxygen atoms in total. The van der Waals surface area contributed by atoms with E-state index >= 15 is 0 Å². The number of hydrogen-bond acceptors (Lipinski definition) is 3. The molecule has 1 atom stereocenters. The number of amides is 1. The van der Waals surface area contributed by atoms with Gasteiger partial charge < -0.3 is 14.8 Å². The number of benzene rings is 1. The first-order chi connectivity index (χ1) is 10.2. The Balaban J connectivity index is 1.61. The second-order valence-electron chi connectivity index (χ2n) is 5.02. The Labute approximate surface area is 134 Å². The van der Waals surface area contributed by atoms with E-state index in [1.54, 1.807) is 18.2 Å². The van der Waals surface area contributed by atoms with Crippen molar-refractivity contribution in [3.05, 3.63) is 33.8 Å². The zero-order chi connectivity index (χ0) is 15.1. The summed E-state index contributed by atoms with van der Waals surface area (Å²) in [6.07, 6.45) is 1.83. The van der Waals surface area contributed by atoms with Gasteiger partial charge in [0.25, 0.3) is 5.91 Å². The van der Waals surface area contributed by atoms with Crippen LogP contribution in [0.1, 0.15) is 23.2 Å². The van der Waals surface area contributed by atoms with Gasteiger partial charge in [-0.2, -0.15) is 0 Å². The van der Waals surface area contributed by atoms with Gasteiger partial charge >= 0.3 is 0 Å². The molecule has 0 bridgehead atoms. The maximum absolute atomic E-state index is 11.9. The molecule has 116 valence electrons. The van der Waals surface area contributed by atoms with E-state index in [-0.39, 0.29) is 10.9 Å². The molecule has 21 heavy (non-hydrogen) atoms. The van der Waals surface area contributed by atoms with E-state index in [4.69, 9.17) is 32.7 Å². The van der Waals surface area contributed by atoms with Crippen molar-refractivity contribution in [2.24, 2.45) is 5.92 Å². The summed E-state index contributed by atoms with van der Waals surface area (Å²) in [6, 6.07) is 5.01. The fraction of sp³-hybridized carbons (Fsp3) is 0.533. The van der Waals surface area contributed by atoms with Crippen molar-refractivity contribution in [3.8, 4) is 0 Å². The predicted octanol–water partition coefficient (Wildman–Crippen LogP) is 3.17. The van der Waals surface area contributed by atoms with Gasteiger partial charge in [-0.15, -0.1) is 0 Å². The van der Waals surface area contributed by atoms with E-state index < -0.39 is 0 Å². The highest BCUT2D eigenvalue weighted by molar-refractivity contribution is 6.43. The molecule has 1 amide bonds. The van der Waals surface area contributed by atoms with Crippen molar-refractivity contribution < 1.29 is 14.3 Å². The van der Waals surface area contributed by atoms with Crippen LogP contribution in [0.15, 0.2) is 18.2 Å². The molecule has 1 fully saturated rings. The van der Waals surface area contributed by atoms with Gasteiger partial charge in [-0.3, -0.25) is 4.79 Å². The maximum Gasteiger partial charge on any atom is 0.252 e. The van der Waals surface area contributed by atoms with E-state index in [9.17, 15) is 4.79 Å². The second-order valence-corrected chi connectivity index (χ2v) is 5.80. The predicted molar refractivity (Wildman–Crippen MR) is 83.2 cm³/mol. The molecule has 1 N–H and O–H groups in total. The number of ether oxygens (including phenoxy) is 2. The normalized spacial score (nSPS) is 17.9. The van der Waals surface area contributed by atoms with Gasteiger partial charge in [-0.25, -0.2) is 0 Å². The molecule has 6 heteroatoms. The van der Waals surface area contributed by atoms with Crippen LogP contribution in [0.2, 0.25) is 10.0 Å². The quantitative estimate of drug-likeness (QED) is 0.780. The molecule has 1 aliphatic rings. The van der Waals surface area contributed by atoms with Crippen LogP contribution in [-0.4, -0.2) is 38.9 Å². The Hall–Kier alpha value is -0.810. The largest absolute Gasteiger partial charge is 0.381 e. The molecule has 0 unspecified atom stereocenters. The highest BCUT2D eigenvalue weighted by Gasteiger charge is 2.15. The maximum atomic E-state index is 11.9. The third-order valence-electron chi connectivity index (χ3n) is 3.32. The van der Waals surface area contributed by atoms with Crippen molar-refractivity contribution in [2.45, 2.75) is 12.8 Å². The standard InChI is InChI=1S/C15H19Cl2NO3/c16-13-4-1-3-12(14(13)17)15(19)18-6-2-7-20-9-11-5-8-21-10-11/h1,3-4,11H,2,5-10H2,(H,18,19)/t11-/m0/s1. The monoisotopic (exact) mass is 331 g/mol. The summed E-state index contributed by atoms with van der Waals surface area (Å²) < 4.78 is 10.8. The van der Waals surface area contributed by atoms with E-state index in [0.29, 0.717) is 29.7 Å². The summed E-state index contributed by atoms with van der Waals surface area (Å²) in [6.45, 7) is 3.53. The lowest BCUT2D eigenvalue weighted by molar-refractivity contribution is 0.0853. The lowest BCUT2D eigenvalue weighted by Gasteiger charge is -2.10. The van der Waals surface area contributed by atoms with Crippen LogP contribution in [0, 0.1) is 5.92 Å². The van der Waals surface area contributed by atoms with Crippen molar-refractivity contribution in [1.29, 1.82) is 0 Å². The number of carbonyl (C=O) groups is 1. The van der Waals surface area contributed by atoms with Crippen LogP contribution in [-0.2, 0) is 9.47 Å². The highest BCUT2D eigenvalue weighted by Crippen LogP contribution is 2.25. The van der Waals surface area contributed by atoms with Gasteiger partial charge in [0.15, 0.2) is 0 Å². The lowest BCUT2D eigenvalue weighted by atomic mass is 10.1. The number of rotatable bonds is 7. The molecule has 2 rings (SSSR count). The molecular formula is C15H19Cl2NO3. The third kappa shape index (κ3) is 5.15. The fourth-order valence-electron chi connectivity index (χ4n) is 2.12. The Morgan fingerprint density at radius 3 is 3.05 bits per heavy atom. The van der Waals surface area contributed by atoms with Crippen LogP contribution >= 0.6 is 23.2 Å². The number of nitrogens with one attached hydrogen (secondary N) is 1. The van der Waals surface area contributed by atoms with Crippen LogP contribution in [0.3, 0.4) is 0 Å². The molecule has 1 heterocycles. The third-order valence-corrected chi connectivity index (χ3v) is 4.14. The number of halogens is 2. The SMILES string of the molecule is O=C(NCCCOC[C@@H]1CCOC1)c1cccc(Cl)c1Cl. The Bertz CT molecular complexity index is 476. The molecule has 0 saturated carbocycles. The van der Waals surface area contributed by atoms with Crippen molar-refractivity contribution in [2.75, 3.05) is 33.0 Å². The summed E-state index contributed by atoms with van der Waals surface area (Å²) in [5.41, 5.74) is 0.396. The molecule has 1 aromatic carbocycles.